The number of carbonyl (C=O) groups excluding carboxylic acids is 2. The third-order valence-electron chi connectivity index (χ3n) is 4.60. The Bertz CT molecular complexity index is 1130. The van der Waals surface area contributed by atoms with Gasteiger partial charge in [-0.15, -0.1) is 0 Å². The molecule has 0 fully saturated rings. The summed E-state index contributed by atoms with van der Waals surface area (Å²) in [6.45, 7) is 0. The fourth-order valence-electron chi connectivity index (χ4n) is 3.30. The number of rotatable bonds is 4. The molecule has 0 atom stereocenters. The van der Waals surface area contributed by atoms with Gasteiger partial charge in [0.05, 0.1) is 12.8 Å². The largest absolute Gasteiger partial charge is 0.361 e. The maximum Gasteiger partial charge on any atom is 0.242 e. The van der Waals surface area contributed by atoms with Gasteiger partial charge in [-0.3, -0.25) is 20.4 Å². The first-order chi connectivity index (χ1) is 13.2. The van der Waals surface area contributed by atoms with Gasteiger partial charge in [0, 0.05) is 17.1 Å². The van der Waals surface area contributed by atoms with Gasteiger partial charge in [0.1, 0.15) is 0 Å². The predicted octanol–water partition coefficient (Wildman–Crippen LogP) is 3.25. The van der Waals surface area contributed by atoms with E-state index in [0.717, 1.165) is 32.8 Å². The molecule has 27 heavy (non-hydrogen) atoms. The predicted molar refractivity (Wildman–Crippen MR) is 106 cm³/mol. The van der Waals surface area contributed by atoms with Gasteiger partial charge in [-0.1, -0.05) is 60.7 Å². The number of aromatic nitrogens is 1. The van der Waals surface area contributed by atoms with Crippen molar-refractivity contribution < 1.29 is 9.59 Å². The molecule has 4 rings (SSSR count). The Labute approximate surface area is 156 Å². The number of hydrogen-bond donors (Lipinski definition) is 3. The van der Waals surface area contributed by atoms with Crippen LogP contribution in [0.15, 0.2) is 72.9 Å². The summed E-state index contributed by atoms with van der Waals surface area (Å²) in [4.78, 5) is 27.6. The zero-order valence-corrected chi connectivity index (χ0v) is 14.7. The molecule has 4 aromatic rings. The summed E-state index contributed by atoms with van der Waals surface area (Å²) in [7, 11) is 0. The van der Waals surface area contributed by atoms with Crippen LogP contribution in [0.1, 0.15) is 11.1 Å². The first-order valence-corrected chi connectivity index (χ1v) is 8.80. The number of hydrogen-bond acceptors (Lipinski definition) is 2. The first kappa shape index (κ1) is 16.8. The van der Waals surface area contributed by atoms with Crippen LogP contribution in [0.5, 0.6) is 0 Å². The van der Waals surface area contributed by atoms with Gasteiger partial charge >= 0.3 is 0 Å². The molecule has 0 unspecified atom stereocenters. The van der Waals surface area contributed by atoms with E-state index in [2.05, 4.69) is 15.8 Å². The standard InChI is InChI=1S/C22H19N3O2/c26-21(12-16-8-5-7-15-6-1-2-9-18(15)16)24-25-22(27)13-17-14-23-20-11-4-3-10-19(17)20/h1-11,14,23H,12-13H2,(H,24,26)(H,25,27). The Morgan fingerprint density at radius 3 is 2.15 bits per heavy atom. The van der Waals surface area contributed by atoms with Crippen molar-refractivity contribution in [3.05, 3.63) is 84.1 Å². The average molecular weight is 357 g/mol. The van der Waals surface area contributed by atoms with Gasteiger partial charge in [0.25, 0.3) is 0 Å². The third-order valence-corrected chi connectivity index (χ3v) is 4.60. The van der Waals surface area contributed by atoms with Crippen LogP contribution in [0.3, 0.4) is 0 Å². The maximum atomic E-state index is 12.2. The summed E-state index contributed by atoms with van der Waals surface area (Å²) >= 11 is 0. The van der Waals surface area contributed by atoms with Crippen molar-refractivity contribution in [2.45, 2.75) is 12.8 Å². The Kier molecular flexibility index (Phi) is 4.58. The second-order valence-corrected chi connectivity index (χ2v) is 6.45. The molecule has 134 valence electrons. The van der Waals surface area contributed by atoms with E-state index in [9.17, 15) is 9.59 Å². The molecule has 0 spiro atoms. The normalized spacial score (nSPS) is 10.8. The van der Waals surface area contributed by atoms with Gasteiger partial charge in [-0.25, -0.2) is 0 Å². The number of nitrogens with one attached hydrogen (secondary N) is 3. The number of benzene rings is 3. The Hall–Kier alpha value is -3.60. The Morgan fingerprint density at radius 2 is 1.33 bits per heavy atom. The van der Waals surface area contributed by atoms with Crippen LogP contribution in [0.25, 0.3) is 21.7 Å². The quantitative estimate of drug-likeness (QED) is 0.491. The molecular formula is C22H19N3O2. The van der Waals surface area contributed by atoms with Crippen molar-refractivity contribution in [3.63, 3.8) is 0 Å². The average Bonchev–Trinajstić information content (AvgIpc) is 3.10. The van der Waals surface area contributed by atoms with E-state index in [1.165, 1.54) is 0 Å². The molecule has 0 bridgehead atoms. The molecule has 5 nitrogen and oxygen atoms in total. The second kappa shape index (κ2) is 7.33. The molecule has 5 heteroatoms. The summed E-state index contributed by atoms with van der Waals surface area (Å²) in [6, 6.07) is 21.6. The molecule has 1 heterocycles. The lowest BCUT2D eigenvalue weighted by Crippen LogP contribution is -2.43. The highest BCUT2D eigenvalue weighted by atomic mass is 16.2. The van der Waals surface area contributed by atoms with Gasteiger partial charge in [-0.05, 0) is 28.0 Å². The maximum absolute atomic E-state index is 12.2. The van der Waals surface area contributed by atoms with Crippen molar-refractivity contribution in [3.8, 4) is 0 Å². The Morgan fingerprint density at radius 1 is 0.704 bits per heavy atom. The summed E-state index contributed by atoms with van der Waals surface area (Å²) in [5.41, 5.74) is 7.82. The highest BCUT2D eigenvalue weighted by Gasteiger charge is 2.11. The van der Waals surface area contributed by atoms with Crippen LogP contribution in [0.4, 0.5) is 0 Å². The highest BCUT2D eigenvalue weighted by molar-refractivity contribution is 5.92. The van der Waals surface area contributed by atoms with Gasteiger partial charge in [0.2, 0.25) is 11.8 Å². The lowest BCUT2D eigenvalue weighted by Gasteiger charge is -2.09. The third kappa shape index (κ3) is 3.67. The topological polar surface area (TPSA) is 74.0 Å². The lowest BCUT2D eigenvalue weighted by atomic mass is 10.0. The van der Waals surface area contributed by atoms with Gasteiger partial charge in [0.15, 0.2) is 0 Å². The van der Waals surface area contributed by atoms with Crippen molar-refractivity contribution in [2.75, 3.05) is 0 Å². The second-order valence-electron chi connectivity index (χ2n) is 6.45. The lowest BCUT2D eigenvalue weighted by molar-refractivity contribution is -0.128. The molecule has 0 saturated heterocycles. The van der Waals surface area contributed by atoms with Crippen LogP contribution < -0.4 is 10.9 Å². The highest BCUT2D eigenvalue weighted by Crippen LogP contribution is 2.19. The summed E-state index contributed by atoms with van der Waals surface area (Å²) in [5.74, 6) is -0.510. The summed E-state index contributed by atoms with van der Waals surface area (Å²) in [5, 5.41) is 3.14. The van der Waals surface area contributed by atoms with Gasteiger partial charge < -0.3 is 4.98 Å². The minimum absolute atomic E-state index is 0.193. The van der Waals surface area contributed by atoms with Crippen LogP contribution in [-0.4, -0.2) is 16.8 Å². The molecule has 0 aliphatic rings. The smallest absolute Gasteiger partial charge is 0.242 e. The minimum atomic E-state index is -0.258. The van der Waals surface area contributed by atoms with Crippen LogP contribution >= 0.6 is 0 Å². The van der Waals surface area contributed by atoms with Crippen molar-refractivity contribution in [1.29, 1.82) is 0 Å². The van der Waals surface area contributed by atoms with E-state index >= 15 is 0 Å². The summed E-state index contributed by atoms with van der Waals surface area (Å²) < 4.78 is 0. The van der Waals surface area contributed by atoms with Crippen molar-refractivity contribution >= 4 is 33.5 Å². The van der Waals surface area contributed by atoms with Crippen LogP contribution in [0, 0.1) is 0 Å². The number of aromatic amines is 1. The van der Waals surface area contributed by atoms with Crippen LogP contribution in [-0.2, 0) is 22.4 Å². The molecule has 0 aliphatic carbocycles. The number of para-hydroxylation sites is 1. The van der Waals surface area contributed by atoms with E-state index in [1.54, 1.807) is 0 Å². The van der Waals surface area contributed by atoms with Crippen molar-refractivity contribution in [2.24, 2.45) is 0 Å². The molecule has 3 N–H and O–H groups in total. The number of amides is 2. The van der Waals surface area contributed by atoms with Crippen LogP contribution in [0.2, 0.25) is 0 Å². The minimum Gasteiger partial charge on any atom is -0.361 e. The molecule has 0 saturated carbocycles. The van der Waals surface area contributed by atoms with Gasteiger partial charge in [-0.2, -0.15) is 0 Å². The van der Waals surface area contributed by atoms with E-state index in [-0.39, 0.29) is 24.7 Å². The molecule has 0 aliphatic heterocycles. The molecule has 1 aromatic heterocycles. The van der Waals surface area contributed by atoms with E-state index < -0.39 is 0 Å². The SMILES string of the molecule is O=C(Cc1cccc2ccccc12)NNC(=O)Cc1c[nH]c2ccccc12. The zero-order chi connectivity index (χ0) is 18.6. The number of fused-ring (bicyclic) bond motifs is 2. The molecule has 2 amide bonds. The number of hydrazine groups is 1. The summed E-state index contributed by atoms with van der Waals surface area (Å²) in [6.07, 6.45) is 2.22. The fourth-order valence-corrected chi connectivity index (χ4v) is 3.30. The monoisotopic (exact) mass is 357 g/mol. The molecular weight excluding hydrogens is 338 g/mol. The first-order valence-electron chi connectivity index (χ1n) is 8.80. The number of H-pyrrole nitrogens is 1. The fraction of sp³-hybridized carbons (Fsp3) is 0.0909. The van der Waals surface area contributed by atoms with E-state index in [0.29, 0.717) is 0 Å². The molecule has 3 aromatic carbocycles. The zero-order valence-electron chi connectivity index (χ0n) is 14.7. The molecule has 0 radical (unpaired) electrons. The van der Waals surface area contributed by atoms with E-state index in [1.807, 2.05) is 72.9 Å². The number of carbonyl (C=O) groups is 2. The van der Waals surface area contributed by atoms with E-state index in [4.69, 9.17) is 0 Å². The Balaban J connectivity index is 1.37. The van der Waals surface area contributed by atoms with Crippen molar-refractivity contribution in [1.82, 2.24) is 15.8 Å².